The number of benzene rings is 4. The van der Waals surface area contributed by atoms with Crippen molar-refractivity contribution in [3.8, 4) is 29.1 Å². The maximum absolute atomic E-state index is 14.2. The fraction of sp³-hybridized carbons (Fsp3) is 0.495. The molecule has 750 valence electrons. The molecule has 4 aromatic rings. The number of aliphatic hydroxyl groups excluding tert-OH is 10. The molecule has 39 heteroatoms. The SMILES string of the molecule is CC(=O)C1=C(O)[C@@]2(O)C(=O)C3=C(O)c4c(c(N(C)C)cc5c4OC(=O)N(CC(C)(C)C)C5)C[C@H]3C[C@H]2[C@H](N(C)C)C1=O.CCCCN[C@@H]1C(C(N)=O)=C(O)[C@@H](N(C)C)[C@@H]2[C@@H](O)[C@H]3C(=C(O)c4c(O)cccc4[C@@H]3C)C(=O)[C@@]21O.CN(C)[C@@H]1C(=O)C(C#N)=C(O)[C@@]2(O)C(=O)C3=C(O)c4c(O)cccc4C[C@H]3C[C@@H]12.CN[C@@H]1C(C(N)=O)=C(O)[C@@H](N(C)C)[C@@H]2[C@@H](O)[C@H]3C(=C(O)c4c(O)cccc4[C@@H]3C)C(=O)[C@@]21O. The van der Waals surface area contributed by atoms with Crippen molar-refractivity contribution in [1.29, 1.82) is 5.26 Å². The van der Waals surface area contributed by atoms with E-state index in [-0.39, 0.29) is 110 Å². The van der Waals surface area contributed by atoms with E-state index in [2.05, 4.69) is 10.6 Å². The van der Waals surface area contributed by atoms with Gasteiger partial charge in [0, 0.05) is 89.7 Å². The van der Waals surface area contributed by atoms with E-state index in [1.807, 2.05) is 52.8 Å². The molecule has 1 aliphatic heterocycles. The first-order valence-electron chi connectivity index (χ1n) is 46.2. The largest absolute Gasteiger partial charge is 0.510 e. The van der Waals surface area contributed by atoms with Crippen LogP contribution in [0.4, 0.5) is 10.5 Å². The van der Waals surface area contributed by atoms with Gasteiger partial charge in [-0.05, 0) is 185 Å². The van der Waals surface area contributed by atoms with Crippen molar-refractivity contribution >= 4 is 87.1 Å². The second-order valence-electron chi connectivity index (χ2n) is 41.2. The van der Waals surface area contributed by atoms with Gasteiger partial charge < -0.3 is 123 Å². The van der Waals surface area contributed by atoms with Gasteiger partial charge in [0.05, 0.1) is 88.4 Å². The van der Waals surface area contributed by atoms with Crippen LogP contribution in [0.1, 0.15) is 136 Å². The highest BCUT2D eigenvalue weighted by atomic mass is 16.6. The van der Waals surface area contributed by atoms with Gasteiger partial charge in [0.2, 0.25) is 23.4 Å². The van der Waals surface area contributed by atoms with Gasteiger partial charge in [0.1, 0.15) is 80.5 Å². The summed E-state index contributed by atoms with van der Waals surface area (Å²) in [6, 6.07) is 10.5. The lowest BCUT2D eigenvalue weighted by molar-refractivity contribution is -0.174. The lowest BCUT2D eigenvalue weighted by Gasteiger charge is -2.57. The Hall–Kier alpha value is -12.7. The first-order valence-corrected chi connectivity index (χ1v) is 46.2. The molecule has 17 rings (SSSR count). The van der Waals surface area contributed by atoms with Crippen molar-refractivity contribution in [2.45, 2.75) is 176 Å². The molecule has 0 spiro atoms. The normalized spacial score (nSPS) is 31.9. The number of amides is 3. The number of Topliss-reactive ketones (excluding diaryl/α,β-unsaturated/α-hetero) is 7. The average Bonchev–Trinajstić information content (AvgIpc) is 0.694. The highest BCUT2D eigenvalue weighted by Gasteiger charge is 2.73. The number of nitriles is 1. The number of nitrogens with two attached hydrogens (primary N) is 2. The minimum atomic E-state index is -2.60. The van der Waals surface area contributed by atoms with E-state index >= 15 is 0 Å². The maximum Gasteiger partial charge on any atom is 0.415 e. The second kappa shape index (κ2) is 36.8. The lowest BCUT2D eigenvalue weighted by atomic mass is 9.53. The summed E-state index contributed by atoms with van der Waals surface area (Å²) < 4.78 is 5.82. The molecule has 0 bridgehead atoms. The summed E-state index contributed by atoms with van der Waals surface area (Å²) in [6.07, 6.45) is -1.17. The number of fused-ring (bicyclic) bond motifs is 14. The van der Waals surface area contributed by atoms with E-state index in [1.165, 1.54) is 44.8 Å². The van der Waals surface area contributed by atoms with Crippen molar-refractivity contribution in [2.75, 3.05) is 95.5 Å². The van der Waals surface area contributed by atoms with Crippen molar-refractivity contribution in [2.24, 2.45) is 64.2 Å². The number of hydrogen-bond acceptors (Lipinski definition) is 36. The number of carbonyl (C=O) groups excluding carboxylic acids is 10. The summed E-state index contributed by atoms with van der Waals surface area (Å²) in [5, 5.41) is 206. The Bertz CT molecular complexity index is 6320. The second-order valence-corrected chi connectivity index (χ2v) is 41.2. The molecule has 13 aliphatic rings. The van der Waals surface area contributed by atoms with Gasteiger partial charge >= 0.3 is 6.09 Å². The smallest absolute Gasteiger partial charge is 0.415 e. The monoisotopic (exact) mass is 1940 g/mol. The Balaban J connectivity index is 0.000000150. The van der Waals surface area contributed by atoms with Crippen LogP contribution < -0.4 is 31.7 Å². The average molecular weight is 1940 g/mol. The van der Waals surface area contributed by atoms with Crippen molar-refractivity contribution in [3.63, 3.8) is 0 Å². The molecule has 39 nitrogen and oxygen atoms in total. The van der Waals surface area contributed by atoms with Gasteiger partial charge in [-0.25, -0.2) is 4.79 Å². The van der Waals surface area contributed by atoms with Crippen LogP contribution in [0, 0.1) is 64.1 Å². The summed E-state index contributed by atoms with van der Waals surface area (Å²) in [4.78, 5) is 142. The van der Waals surface area contributed by atoms with Crippen molar-refractivity contribution < 1.29 is 139 Å². The van der Waals surface area contributed by atoms with Crippen LogP contribution in [0.5, 0.6) is 23.0 Å². The van der Waals surface area contributed by atoms with Crippen molar-refractivity contribution in [1.82, 2.24) is 35.1 Å². The number of phenolic OH excluding ortho intramolecular Hbond substituents is 3. The highest BCUT2D eigenvalue weighted by Crippen LogP contribution is 2.62. The zero-order chi connectivity index (χ0) is 104. The fourth-order valence-corrected chi connectivity index (χ4v) is 24.9. The Morgan fingerprint density at radius 1 is 0.557 bits per heavy atom. The first kappa shape index (κ1) is 103. The standard InChI is InChI=1S/C31H39N3O8.C26H35N3O7.C23H29N3O7.C21H20N2O6/c1-14(35)20-25(37)23(33(7)8)18-10-15-9-17-19(32(5)6)11-16-12-34(13-30(2,3)4)29(40)42-26(16)22(17)24(36)21(15)28(39)31(18,41)27(20)38;1-5-6-10-28-23-17(25(27)35)22(33)19(29(3)4)18-21(32)14-11(2)12-8-7-9-13(30)15(12)20(31)16(14)24(34)26(18,23)36;1-8-9-6-5-7-10(27)12(9)17(28)13-11(8)18(29)15-16(26(3)4)19(30)14(22(24)32)20(25-2)23(15,33)21(13)31;1-23(2)16-12-7-10-6-9-4-3-5-13(24)14(9)18(26)15(10)20(28)21(12,29)19(27)11(8-22)17(16)25/h11,15,18,23,36,38,41H,9-10,12-13H2,1-8H3;7-9,11,14,18-19,21,23,28,30-33,36H,5-6,10H2,1-4H3,(H2,27,35);5-8,11,15-16,18,20,25,27-30,33H,1-4H3,(H2,24,32);3-5,10,12,16,24,26-27,29H,6-7H2,1-2H3/t15-,18-,23-,31+;11-,14+,18+,19-,21-,23+,26+;8-,11+,15+,16-,18-,20+,23+;10-,12-,16-,21+/m0000/s1. The minimum absolute atomic E-state index is 0.0633. The van der Waals surface area contributed by atoms with Gasteiger partial charge in [-0.1, -0.05) is 84.4 Å². The molecule has 140 heavy (non-hydrogen) atoms. The minimum Gasteiger partial charge on any atom is -0.510 e. The van der Waals surface area contributed by atoms with E-state index in [4.69, 9.17) is 16.2 Å². The quantitative estimate of drug-likeness (QED) is 0.0627. The van der Waals surface area contributed by atoms with Crippen LogP contribution in [0.3, 0.4) is 0 Å². The zero-order valence-corrected chi connectivity index (χ0v) is 80.9. The van der Waals surface area contributed by atoms with E-state index < -0.39 is 246 Å². The third-order valence-electron chi connectivity index (χ3n) is 30.8. The van der Waals surface area contributed by atoms with Crippen molar-refractivity contribution in [3.05, 3.63) is 178 Å². The predicted octanol–water partition coefficient (Wildman–Crippen LogP) is 3.99. The zero-order valence-electron chi connectivity index (χ0n) is 80.9. The van der Waals surface area contributed by atoms with Crippen LogP contribution in [-0.4, -0.2) is 331 Å². The van der Waals surface area contributed by atoms with Crippen LogP contribution >= 0.6 is 0 Å². The molecule has 4 fully saturated rings. The number of aliphatic hydroxyl groups is 14. The molecule has 0 radical (unpaired) electrons. The molecule has 4 saturated carbocycles. The van der Waals surface area contributed by atoms with Gasteiger partial charge in [-0.3, -0.25) is 62.8 Å². The molecule has 0 unspecified atom stereocenters. The van der Waals surface area contributed by atoms with Gasteiger partial charge in [0.15, 0.2) is 57.1 Å². The van der Waals surface area contributed by atoms with Gasteiger partial charge in [-0.15, -0.1) is 0 Å². The molecule has 0 saturated heterocycles. The molecule has 4 aromatic carbocycles. The number of ether oxygens (including phenoxy) is 1. The lowest BCUT2D eigenvalue weighted by Crippen LogP contribution is -2.75. The number of nitrogens with one attached hydrogen (secondary N) is 2. The fourth-order valence-electron chi connectivity index (χ4n) is 24.9. The Labute approximate surface area is 806 Å². The Morgan fingerprint density at radius 2 is 0.979 bits per heavy atom. The molecule has 1 heterocycles. The molecule has 3 amide bonds. The summed E-state index contributed by atoms with van der Waals surface area (Å²) in [7, 11) is 17.9. The third kappa shape index (κ3) is 15.3. The number of aromatic hydroxyl groups is 3. The van der Waals surface area contributed by atoms with E-state index in [1.54, 1.807) is 118 Å². The number of ketones is 7. The summed E-state index contributed by atoms with van der Waals surface area (Å²) in [5.74, 6) is -21.7. The van der Waals surface area contributed by atoms with Crippen LogP contribution in [0.15, 0.2) is 128 Å². The number of rotatable bonds is 14. The number of hydrogen-bond donors (Lipinski definition) is 21. The van der Waals surface area contributed by atoms with E-state index in [0.717, 1.165) is 19.0 Å². The molecular weight excluding hydrogens is 1820 g/mol. The number of unbranched alkanes of at least 4 members (excludes halogenated alkanes) is 1. The number of phenols is 3. The van der Waals surface area contributed by atoms with Crippen LogP contribution in [-0.2, 0) is 62.5 Å². The highest BCUT2D eigenvalue weighted by molar-refractivity contribution is 6.25. The molecular formula is C101H123N11O28. The third-order valence-corrected chi connectivity index (χ3v) is 30.8. The molecule has 0 aromatic heterocycles. The Kier molecular flexibility index (Phi) is 27.1. The molecule has 22 atom stereocenters. The number of nitrogens with zero attached hydrogens (tertiary/aromatic N) is 7. The number of anilines is 1. The van der Waals surface area contributed by atoms with Gasteiger partial charge in [-0.2, -0.15) is 5.26 Å². The number of likely N-dealkylation sites (N-methyl/N-ethyl adjacent to an activating group) is 5. The first-order chi connectivity index (χ1) is 65.3. The number of carbonyl (C=O) groups is 10. The Morgan fingerprint density at radius 3 is 1.41 bits per heavy atom. The maximum atomic E-state index is 14.2. The topological polar surface area (TPSA) is 643 Å². The molecule has 12 aliphatic carbocycles. The van der Waals surface area contributed by atoms with E-state index in [0.29, 0.717) is 53.7 Å². The van der Waals surface area contributed by atoms with Crippen LogP contribution in [0.25, 0.3) is 23.0 Å². The van der Waals surface area contributed by atoms with Gasteiger partial charge in [0.25, 0.3) is 0 Å². The summed E-state index contributed by atoms with van der Waals surface area (Å²) in [5.41, 5.74) is 2.66. The number of primary amides is 2. The predicted molar refractivity (Wildman–Crippen MR) is 505 cm³/mol. The van der Waals surface area contributed by atoms with E-state index in [9.17, 15) is 140 Å². The summed E-state index contributed by atoms with van der Waals surface area (Å²) in [6.45, 7) is 13.6. The van der Waals surface area contributed by atoms with Crippen LogP contribution in [0.2, 0.25) is 0 Å². The summed E-state index contributed by atoms with van der Waals surface area (Å²) >= 11 is 0. The molecule has 23 N–H and O–H groups in total.